The quantitative estimate of drug-likeness (QED) is 0.746. The van der Waals surface area contributed by atoms with Gasteiger partial charge < -0.3 is 15.2 Å². The first-order valence-corrected chi connectivity index (χ1v) is 6.26. The molecule has 0 aromatic heterocycles. The number of carbonyl (C=O) groups excluding carboxylic acids is 1. The zero-order valence-corrected chi connectivity index (χ0v) is 10.0. The predicted octanol–water partition coefficient (Wildman–Crippen LogP) is 0.781. The molecule has 0 unspecified atom stereocenters. The molecule has 4 atom stereocenters. The van der Waals surface area contributed by atoms with Gasteiger partial charge in [-0.25, -0.2) is 0 Å². The summed E-state index contributed by atoms with van der Waals surface area (Å²) in [4.78, 5) is 22.6. The summed E-state index contributed by atoms with van der Waals surface area (Å²) in [7, 11) is 0. The van der Waals surface area contributed by atoms with Crippen molar-refractivity contribution in [3.05, 3.63) is 0 Å². The van der Waals surface area contributed by atoms with Gasteiger partial charge in [0.05, 0.1) is 17.9 Å². The Morgan fingerprint density at radius 2 is 2.12 bits per heavy atom. The SMILES string of the molecule is CCO[C@@H]1C[C@H]1C(=O)N[C@H]1CC[C@@H](C(=O)O)C1. The third kappa shape index (κ3) is 2.97. The average Bonchev–Trinajstić information content (AvgIpc) is 2.88. The van der Waals surface area contributed by atoms with Gasteiger partial charge >= 0.3 is 5.97 Å². The van der Waals surface area contributed by atoms with Crippen molar-refractivity contribution in [3.63, 3.8) is 0 Å². The lowest BCUT2D eigenvalue weighted by atomic mass is 10.1. The highest BCUT2D eigenvalue weighted by Crippen LogP contribution is 2.34. The van der Waals surface area contributed by atoms with Gasteiger partial charge in [-0.05, 0) is 32.6 Å². The summed E-state index contributed by atoms with van der Waals surface area (Å²) in [5.74, 6) is -1.03. The van der Waals surface area contributed by atoms with E-state index in [9.17, 15) is 9.59 Å². The van der Waals surface area contributed by atoms with E-state index in [0.717, 1.165) is 12.8 Å². The maximum Gasteiger partial charge on any atom is 0.306 e. The minimum absolute atomic E-state index is 0.0150. The van der Waals surface area contributed by atoms with Crippen LogP contribution in [0.5, 0.6) is 0 Å². The molecular formula is C12H19NO4. The third-order valence-corrected chi connectivity index (χ3v) is 3.58. The summed E-state index contributed by atoms with van der Waals surface area (Å²) >= 11 is 0. The van der Waals surface area contributed by atoms with Gasteiger partial charge in [-0.1, -0.05) is 0 Å². The highest BCUT2D eigenvalue weighted by molar-refractivity contribution is 5.82. The molecule has 1 amide bonds. The molecule has 2 N–H and O–H groups in total. The summed E-state index contributed by atoms with van der Waals surface area (Å²) in [5, 5.41) is 11.8. The van der Waals surface area contributed by atoms with E-state index in [1.165, 1.54) is 0 Å². The molecule has 2 fully saturated rings. The molecule has 2 rings (SSSR count). The molecular weight excluding hydrogens is 222 g/mol. The number of hydrogen-bond acceptors (Lipinski definition) is 3. The fourth-order valence-corrected chi connectivity index (χ4v) is 2.49. The van der Waals surface area contributed by atoms with Crippen LogP contribution in [0.25, 0.3) is 0 Å². The van der Waals surface area contributed by atoms with Gasteiger partial charge in [0.2, 0.25) is 5.91 Å². The summed E-state index contributed by atoms with van der Waals surface area (Å²) in [5.41, 5.74) is 0. The third-order valence-electron chi connectivity index (χ3n) is 3.58. The van der Waals surface area contributed by atoms with Crippen LogP contribution in [-0.2, 0) is 14.3 Å². The average molecular weight is 241 g/mol. The van der Waals surface area contributed by atoms with Crippen LogP contribution in [0, 0.1) is 11.8 Å². The van der Waals surface area contributed by atoms with Crippen LogP contribution >= 0.6 is 0 Å². The van der Waals surface area contributed by atoms with Gasteiger partial charge in [-0.2, -0.15) is 0 Å². The van der Waals surface area contributed by atoms with Crippen LogP contribution in [0.3, 0.4) is 0 Å². The first-order chi connectivity index (χ1) is 8.11. The fourth-order valence-electron chi connectivity index (χ4n) is 2.49. The second-order valence-electron chi connectivity index (χ2n) is 4.89. The Labute approximate surface area is 101 Å². The highest BCUT2D eigenvalue weighted by Gasteiger charge is 2.45. The van der Waals surface area contributed by atoms with E-state index < -0.39 is 5.97 Å². The van der Waals surface area contributed by atoms with Gasteiger partial charge in [-0.3, -0.25) is 9.59 Å². The number of ether oxygens (including phenoxy) is 1. The van der Waals surface area contributed by atoms with E-state index in [1.54, 1.807) is 0 Å². The topological polar surface area (TPSA) is 75.6 Å². The Kier molecular flexibility index (Phi) is 3.66. The molecule has 0 aromatic rings. The molecule has 0 bridgehead atoms. The second kappa shape index (κ2) is 5.04. The van der Waals surface area contributed by atoms with Gasteiger partial charge in [0.15, 0.2) is 0 Å². The van der Waals surface area contributed by atoms with Crippen LogP contribution in [0.2, 0.25) is 0 Å². The van der Waals surface area contributed by atoms with E-state index in [0.29, 0.717) is 19.4 Å². The van der Waals surface area contributed by atoms with Crippen LogP contribution in [0.1, 0.15) is 32.6 Å². The smallest absolute Gasteiger partial charge is 0.306 e. The Balaban J connectivity index is 1.72. The van der Waals surface area contributed by atoms with E-state index in [-0.39, 0.29) is 29.9 Å². The Hall–Kier alpha value is -1.10. The molecule has 0 radical (unpaired) electrons. The molecule has 2 aliphatic rings. The minimum Gasteiger partial charge on any atom is -0.481 e. The van der Waals surface area contributed by atoms with Gasteiger partial charge in [0.1, 0.15) is 0 Å². The van der Waals surface area contributed by atoms with Crippen molar-refractivity contribution in [3.8, 4) is 0 Å². The molecule has 0 aliphatic heterocycles. The first-order valence-electron chi connectivity index (χ1n) is 6.26. The fraction of sp³-hybridized carbons (Fsp3) is 0.833. The Bertz CT molecular complexity index is 318. The summed E-state index contributed by atoms with van der Waals surface area (Å²) in [6.45, 7) is 2.56. The number of nitrogens with one attached hydrogen (secondary N) is 1. The minimum atomic E-state index is -0.750. The number of carbonyl (C=O) groups is 2. The largest absolute Gasteiger partial charge is 0.481 e. The number of hydrogen-bond donors (Lipinski definition) is 2. The van der Waals surface area contributed by atoms with Crippen LogP contribution in [-0.4, -0.2) is 35.7 Å². The van der Waals surface area contributed by atoms with Crippen molar-refractivity contribution in [2.45, 2.75) is 44.8 Å². The number of amides is 1. The molecule has 0 heterocycles. The maximum absolute atomic E-state index is 11.8. The Morgan fingerprint density at radius 1 is 1.35 bits per heavy atom. The number of aliphatic carboxylic acids is 1. The van der Waals surface area contributed by atoms with Crippen molar-refractivity contribution in [1.29, 1.82) is 0 Å². The maximum atomic E-state index is 11.8. The monoisotopic (exact) mass is 241 g/mol. The van der Waals surface area contributed by atoms with Crippen LogP contribution < -0.4 is 5.32 Å². The highest BCUT2D eigenvalue weighted by atomic mass is 16.5. The molecule has 0 spiro atoms. The lowest BCUT2D eigenvalue weighted by Crippen LogP contribution is -2.35. The molecule has 0 aromatic carbocycles. The van der Waals surface area contributed by atoms with Gasteiger partial charge in [0, 0.05) is 12.6 Å². The van der Waals surface area contributed by atoms with Gasteiger partial charge in [-0.15, -0.1) is 0 Å². The molecule has 96 valence electrons. The van der Waals surface area contributed by atoms with E-state index in [1.807, 2.05) is 6.92 Å². The zero-order valence-electron chi connectivity index (χ0n) is 10.0. The lowest BCUT2D eigenvalue weighted by Gasteiger charge is -2.12. The summed E-state index contributed by atoms with van der Waals surface area (Å²) < 4.78 is 5.36. The first kappa shape index (κ1) is 12.4. The lowest BCUT2D eigenvalue weighted by molar-refractivity contribution is -0.141. The summed E-state index contributed by atoms with van der Waals surface area (Å²) in [6.07, 6.45) is 2.88. The standard InChI is InChI=1S/C12H19NO4/c1-2-17-10-6-9(10)11(14)13-8-4-3-7(5-8)12(15)16/h7-10H,2-6H2,1H3,(H,13,14)(H,15,16)/t7-,8+,9-,10-/m1/s1. The van der Waals surface area contributed by atoms with E-state index in [2.05, 4.69) is 5.32 Å². The molecule has 17 heavy (non-hydrogen) atoms. The van der Waals surface area contributed by atoms with Crippen molar-refractivity contribution >= 4 is 11.9 Å². The zero-order chi connectivity index (χ0) is 12.4. The predicted molar refractivity (Wildman–Crippen MR) is 60.4 cm³/mol. The van der Waals surface area contributed by atoms with E-state index >= 15 is 0 Å². The number of carboxylic acids is 1. The Morgan fingerprint density at radius 3 is 2.71 bits per heavy atom. The van der Waals surface area contributed by atoms with Crippen molar-refractivity contribution in [1.82, 2.24) is 5.32 Å². The molecule has 2 aliphatic carbocycles. The number of carboxylic acid groups (broad SMARTS) is 1. The molecule has 5 nitrogen and oxygen atoms in total. The van der Waals surface area contributed by atoms with Crippen LogP contribution in [0.15, 0.2) is 0 Å². The normalized spacial score (nSPS) is 35.6. The number of rotatable bonds is 5. The molecule has 2 saturated carbocycles. The summed E-state index contributed by atoms with van der Waals surface area (Å²) in [6, 6.07) is 0.0338. The molecule has 0 saturated heterocycles. The van der Waals surface area contributed by atoms with Crippen molar-refractivity contribution in [2.75, 3.05) is 6.61 Å². The van der Waals surface area contributed by atoms with Crippen LogP contribution in [0.4, 0.5) is 0 Å². The van der Waals surface area contributed by atoms with Crippen molar-refractivity contribution < 1.29 is 19.4 Å². The van der Waals surface area contributed by atoms with Gasteiger partial charge in [0.25, 0.3) is 0 Å². The second-order valence-corrected chi connectivity index (χ2v) is 4.89. The van der Waals surface area contributed by atoms with Crippen molar-refractivity contribution in [2.24, 2.45) is 11.8 Å². The van der Waals surface area contributed by atoms with E-state index in [4.69, 9.17) is 9.84 Å². The molecule has 5 heteroatoms.